The quantitative estimate of drug-likeness (QED) is 0.192. The lowest BCUT2D eigenvalue weighted by atomic mass is 9.95. The molecule has 56 heavy (non-hydrogen) atoms. The summed E-state index contributed by atoms with van der Waals surface area (Å²) in [5.74, 6) is 2.43. The van der Waals surface area contributed by atoms with Crippen LogP contribution in [0, 0.1) is 23.6 Å². The topological polar surface area (TPSA) is 148 Å². The number of benzene rings is 2. The number of terminal acetylenes is 1. The number of halogens is 1. The van der Waals surface area contributed by atoms with Crippen LogP contribution in [0.2, 0.25) is 0 Å². The van der Waals surface area contributed by atoms with Crippen molar-refractivity contribution in [1.29, 1.82) is 0 Å². The summed E-state index contributed by atoms with van der Waals surface area (Å²) in [5.41, 5.74) is -0.911. The van der Waals surface area contributed by atoms with Crippen molar-refractivity contribution in [2.24, 2.45) is 5.41 Å². The van der Waals surface area contributed by atoms with E-state index in [4.69, 9.17) is 35.3 Å². The first-order valence-corrected chi connectivity index (χ1v) is 19.1. The van der Waals surface area contributed by atoms with E-state index in [-0.39, 0.29) is 53.8 Å². The molecule has 5 heterocycles. The monoisotopic (exact) mass is 766 g/mol. The lowest BCUT2D eigenvalue weighted by molar-refractivity contribution is 0.000913. The van der Waals surface area contributed by atoms with Gasteiger partial charge < -0.3 is 29.0 Å². The molecule has 294 valence electrons. The normalized spacial score (nSPS) is 22.1. The van der Waals surface area contributed by atoms with Crippen LogP contribution in [0.1, 0.15) is 79.7 Å². The Balaban J connectivity index is 1.31. The summed E-state index contributed by atoms with van der Waals surface area (Å²) in [4.78, 5) is 44.9. The van der Waals surface area contributed by atoms with Crippen LogP contribution in [0.4, 0.5) is 25.5 Å². The van der Waals surface area contributed by atoms with Crippen LogP contribution in [0.5, 0.6) is 11.9 Å². The molecule has 2 N–H and O–H groups in total. The van der Waals surface area contributed by atoms with E-state index in [0.29, 0.717) is 46.4 Å². The second-order valence-electron chi connectivity index (χ2n) is 17.4. The second kappa shape index (κ2) is 13.4. The molecule has 2 aromatic heterocycles. The molecule has 13 nitrogen and oxygen atoms in total. The molecule has 0 unspecified atom stereocenters. The number of pyridine rings is 1. The maximum absolute atomic E-state index is 17.6. The molecule has 0 spiro atoms. The molecule has 14 heteroatoms. The number of carbonyl (C=O) groups excluding carboxylic acids is 2. The molecule has 4 aliphatic rings. The van der Waals surface area contributed by atoms with E-state index >= 15 is 4.39 Å². The number of amides is 2. The van der Waals surface area contributed by atoms with Gasteiger partial charge in [-0.3, -0.25) is 10.2 Å². The van der Waals surface area contributed by atoms with Crippen LogP contribution >= 0.6 is 0 Å². The van der Waals surface area contributed by atoms with Gasteiger partial charge in [0.25, 0.3) is 0 Å². The second-order valence-corrected chi connectivity index (χ2v) is 17.4. The zero-order valence-electron chi connectivity index (χ0n) is 32.7. The van der Waals surface area contributed by atoms with Crippen molar-refractivity contribution in [3.05, 3.63) is 41.7 Å². The Morgan fingerprint density at radius 2 is 1.82 bits per heavy atom. The predicted molar refractivity (Wildman–Crippen MR) is 208 cm³/mol. The Bertz CT molecular complexity index is 2310. The third kappa shape index (κ3) is 6.76. The average molecular weight is 767 g/mol. The minimum Gasteiger partial charge on any atom is -0.472 e. The first kappa shape index (κ1) is 37.5. The highest BCUT2D eigenvalue weighted by atomic mass is 19.1. The summed E-state index contributed by atoms with van der Waals surface area (Å²) in [7, 11) is 0. The number of fused-ring (bicyclic) bond motifs is 6. The smallest absolute Gasteiger partial charge is 0.412 e. The fourth-order valence-electron chi connectivity index (χ4n) is 8.23. The number of hydrogen-bond donors (Lipinski definition) is 2. The van der Waals surface area contributed by atoms with Gasteiger partial charge in [-0.15, -0.1) is 6.42 Å². The van der Waals surface area contributed by atoms with Crippen molar-refractivity contribution in [2.45, 2.75) is 110 Å². The summed E-state index contributed by atoms with van der Waals surface area (Å²) in [5, 5.41) is 14.3. The number of aliphatic hydroxyl groups is 1. The van der Waals surface area contributed by atoms with Crippen LogP contribution in [0.3, 0.4) is 0 Å². The van der Waals surface area contributed by atoms with Crippen molar-refractivity contribution < 1.29 is 38.0 Å². The van der Waals surface area contributed by atoms with Gasteiger partial charge in [0.05, 0.1) is 31.3 Å². The van der Waals surface area contributed by atoms with Crippen molar-refractivity contribution >= 4 is 45.4 Å². The van der Waals surface area contributed by atoms with Crippen LogP contribution in [0.25, 0.3) is 32.9 Å². The molecule has 2 aromatic carbocycles. The van der Waals surface area contributed by atoms with E-state index in [1.54, 1.807) is 45.0 Å². The largest absolute Gasteiger partial charge is 0.472 e. The molecule has 2 bridgehead atoms. The Kier molecular flexibility index (Phi) is 8.95. The fourth-order valence-corrected chi connectivity index (χ4v) is 8.23. The SMILES string of the molecule is C#Cc1cccc2cc(NC(=O)OC(C)(C)C)cc(-c3nc4c5c(nc(OCC6(CO)CC6)nc5c3F)N3C[C@H]5CC[C@@H]([C@H]3[C@H](C)O4)N5C(=O)OC(C)(C)C)c12. The number of carbonyl (C=O) groups is 2. The highest BCUT2D eigenvalue weighted by molar-refractivity contribution is 6.06. The van der Waals surface area contributed by atoms with E-state index in [2.05, 4.69) is 21.1 Å². The van der Waals surface area contributed by atoms with Crippen molar-refractivity contribution in [2.75, 3.05) is 30.0 Å². The van der Waals surface area contributed by atoms with Crippen LogP contribution in [-0.2, 0) is 9.47 Å². The Hall–Kier alpha value is -5.42. The van der Waals surface area contributed by atoms with Gasteiger partial charge in [-0.05, 0) is 97.7 Å². The summed E-state index contributed by atoms with van der Waals surface area (Å²) < 4.78 is 41.8. The molecule has 4 atom stereocenters. The molecule has 2 amide bonds. The molecular weight excluding hydrogens is 719 g/mol. The summed E-state index contributed by atoms with van der Waals surface area (Å²) in [6.45, 7) is 13.2. The Morgan fingerprint density at radius 3 is 2.50 bits per heavy atom. The number of piperazine rings is 1. The molecule has 3 fully saturated rings. The summed E-state index contributed by atoms with van der Waals surface area (Å²) >= 11 is 0. The molecule has 0 radical (unpaired) electrons. The zero-order valence-corrected chi connectivity index (χ0v) is 32.7. The van der Waals surface area contributed by atoms with Gasteiger partial charge in [-0.2, -0.15) is 9.97 Å². The third-order valence-corrected chi connectivity index (χ3v) is 10.9. The summed E-state index contributed by atoms with van der Waals surface area (Å²) in [6, 6.07) is 7.75. The number of ether oxygens (including phenoxy) is 4. The van der Waals surface area contributed by atoms with Crippen molar-refractivity contribution in [3.63, 3.8) is 0 Å². The predicted octanol–water partition coefficient (Wildman–Crippen LogP) is 7.20. The average Bonchev–Trinajstić information content (AvgIpc) is 3.86. The van der Waals surface area contributed by atoms with E-state index in [1.165, 1.54) is 0 Å². The number of nitrogens with one attached hydrogen (secondary N) is 1. The van der Waals surface area contributed by atoms with Gasteiger partial charge in [0.15, 0.2) is 5.82 Å². The molecular formula is C42H47FN6O7. The lowest BCUT2D eigenvalue weighted by Gasteiger charge is -2.48. The molecule has 4 aromatic rings. The number of nitrogens with zero attached hydrogens (tertiary/aromatic N) is 5. The first-order chi connectivity index (χ1) is 26.5. The number of aliphatic hydroxyl groups excluding tert-OH is 1. The van der Waals surface area contributed by atoms with Gasteiger partial charge in [0.2, 0.25) is 5.88 Å². The minimum atomic E-state index is -0.770. The summed E-state index contributed by atoms with van der Waals surface area (Å²) in [6.07, 6.45) is 7.39. The van der Waals surface area contributed by atoms with E-state index in [1.807, 2.05) is 38.7 Å². The first-order valence-electron chi connectivity index (χ1n) is 19.1. The molecule has 2 saturated heterocycles. The van der Waals surface area contributed by atoms with E-state index in [9.17, 15) is 14.7 Å². The molecule has 3 aliphatic heterocycles. The van der Waals surface area contributed by atoms with Gasteiger partial charge in [0.1, 0.15) is 39.7 Å². The fraction of sp³-hybridized carbons (Fsp3) is 0.500. The number of aromatic nitrogens is 3. The Morgan fingerprint density at radius 1 is 1.07 bits per heavy atom. The maximum Gasteiger partial charge on any atom is 0.412 e. The lowest BCUT2D eigenvalue weighted by Crippen LogP contribution is -2.65. The number of rotatable bonds is 6. The highest BCUT2D eigenvalue weighted by Crippen LogP contribution is 2.49. The van der Waals surface area contributed by atoms with E-state index in [0.717, 1.165) is 19.3 Å². The van der Waals surface area contributed by atoms with Crippen LogP contribution in [0.15, 0.2) is 30.3 Å². The molecule has 1 saturated carbocycles. The van der Waals surface area contributed by atoms with Gasteiger partial charge in [-0.1, -0.05) is 18.1 Å². The number of hydrogen-bond acceptors (Lipinski definition) is 11. The van der Waals surface area contributed by atoms with Crippen LogP contribution < -0.4 is 19.7 Å². The van der Waals surface area contributed by atoms with Crippen LogP contribution in [-0.4, -0.2) is 92.3 Å². The van der Waals surface area contributed by atoms with Gasteiger partial charge in [-0.25, -0.2) is 19.0 Å². The van der Waals surface area contributed by atoms with Gasteiger partial charge >= 0.3 is 18.2 Å². The third-order valence-electron chi connectivity index (χ3n) is 10.9. The van der Waals surface area contributed by atoms with Crippen molar-refractivity contribution in [1.82, 2.24) is 19.9 Å². The maximum atomic E-state index is 17.6. The minimum absolute atomic E-state index is 0.0539. The highest BCUT2D eigenvalue weighted by Gasteiger charge is 2.54. The zero-order chi connectivity index (χ0) is 39.9. The van der Waals surface area contributed by atoms with E-state index < -0.39 is 46.8 Å². The van der Waals surface area contributed by atoms with Gasteiger partial charge in [0, 0.05) is 34.2 Å². The standard InChI is InChI=1S/C42H47FN6O7/c1-9-23-11-10-12-24-17-25(44-38(51)55-40(3,4)5)18-27(29(23)24)32-31(43)33-30-35(47-37(46-33)53-21-42(20-50)15-16-42)48-19-26-13-14-28(34(48)22(2)54-36(30)45-32)49(26)39(52)56-41(6,7)8/h1,10-12,17-18,22,26,28,34,50H,13-16,19-21H2,2-8H3,(H,44,51)/t22-,26+,28-,34+/m0/s1. The Labute approximate surface area is 324 Å². The number of anilines is 2. The van der Waals surface area contributed by atoms with Crippen molar-refractivity contribution in [3.8, 4) is 35.5 Å². The molecule has 8 rings (SSSR count). The molecule has 1 aliphatic carbocycles.